The van der Waals surface area contributed by atoms with E-state index in [1.807, 2.05) is 0 Å². The maximum absolute atomic E-state index is 11.0. The van der Waals surface area contributed by atoms with Gasteiger partial charge < -0.3 is 35.6 Å². The van der Waals surface area contributed by atoms with Crippen LogP contribution in [0.1, 0.15) is 6.92 Å². The molecule has 0 fully saturated rings. The van der Waals surface area contributed by atoms with Crippen molar-refractivity contribution in [2.24, 2.45) is 0 Å². The first kappa shape index (κ1) is 16.4. The summed E-state index contributed by atoms with van der Waals surface area (Å²) in [4.78, 5) is 21.9. The molecule has 9 heteroatoms. The highest BCUT2D eigenvalue weighted by Crippen LogP contribution is 2.22. The molecule has 0 unspecified atom stereocenters. The minimum atomic E-state index is -1.73. The summed E-state index contributed by atoms with van der Waals surface area (Å²) in [5, 5.41) is 49.0. The van der Waals surface area contributed by atoms with Crippen molar-refractivity contribution in [1.82, 2.24) is 5.32 Å². The van der Waals surface area contributed by atoms with Crippen LogP contribution in [0.2, 0.25) is 0 Å². The van der Waals surface area contributed by atoms with Crippen molar-refractivity contribution in [3.8, 4) is 0 Å². The Labute approximate surface area is 114 Å². The number of hydrogen-bond donors (Lipinski definition) is 6. The zero-order valence-corrected chi connectivity index (χ0v) is 10.6. The van der Waals surface area contributed by atoms with E-state index >= 15 is 0 Å². The largest absolute Gasteiger partial charge is 0.478 e. The summed E-state index contributed by atoms with van der Waals surface area (Å²) in [7, 11) is 0. The van der Waals surface area contributed by atoms with Gasteiger partial charge in [0.2, 0.25) is 11.7 Å². The summed E-state index contributed by atoms with van der Waals surface area (Å²) in [6.07, 6.45) is -5.36. The third-order valence-electron chi connectivity index (χ3n) is 2.80. The molecule has 9 nitrogen and oxygen atoms in total. The number of aliphatic carboxylic acids is 1. The molecule has 1 heterocycles. The van der Waals surface area contributed by atoms with Gasteiger partial charge in [-0.3, -0.25) is 4.79 Å². The fourth-order valence-corrected chi connectivity index (χ4v) is 1.80. The van der Waals surface area contributed by atoms with Crippen LogP contribution in [0, 0.1) is 0 Å². The van der Waals surface area contributed by atoms with Crippen molar-refractivity contribution in [3.05, 3.63) is 11.8 Å². The summed E-state index contributed by atoms with van der Waals surface area (Å²) >= 11 is 0. The standard InChI is InChI=1S/C11H17NO8/c1-4(14)12-5-2-7(11(18)19)20-10(8(5)16)9(17)6(15)3-13/h2,5-6,8-10,13,15-17H,3H2,1H3,(H,12,14)(H,18,19)/t5-,6+,8+,9+,10+/m0/s1. The van der Waals surface area contributed by atoms with Crippen LogP contribution < -0.4 is 5.32 Å². The number of ether oxygens (including phenoxy) is 1. The van der Waals surface area contributed by atoms with Gasteiger partial charge in [0.15, 0.2) is 6.10 Å². The van der Waals surface area contributed by atoms with Crippen LogP contribution >= 0.6 is 0 Å². The molecule has 0 aromatic rings. The lowest BCUT2D eigenvalue weighted by molar-refractivity contribution is -0.156. The van der Waals surface area contributed by atoms with Crippen molar-refractivity contribution in [3.63, 3.8) is 0 Å². The number of carbonyl (C=O) groups is 2. The summed E-state index contributed by atoms with van der Waals surface area (Å²) < 4.78 is 4.90. The highest BCUT2D eigenvalue weighted by atomic mass is 16.5. The predicted molar refractivity (Wildman–Crippen MR) is 63.3 cm³/mol. The Balaban J connectivity index is 3.00. The van der Waals surface area contributed by atoms with E-state index in [-0.39, 0.29) is 0 Å². The number of amides is 1. The van der Waals surface area contributed by atoms with Gasteiger partial charge in [0.1, 0.15) is 18.3 Å². The third-order valence-corrected chi connectivity index (χ3v) is 2.80. The highest BCUT2D eigenvalue weighted by Gasteiger charge is 2.42. The fraction of sp³-hybridized carbons (Fsp3) is 0.636. The molecule has 0 aromatic carbocycles. The lowest BCUT2D eigenvalue weighted by Crippen LogP contribution is -2.57. The van der Waals surface area contributed by atoms with Gasteiger partial charge in [-0.05, 0) is 6.08 Å². The first-order valence-electron chi connectivity index (χ1n) is 5.81. The number of nitrogens with one attached hydrogen (secondary N) is 1. The molecular formula is C11H17NO8. The maximum atomic E-state index is 11.0. The number of carboxylic acid groups (broad SMARTS) is 1. The lowest BCUT2D eigenvalue weighted by Gasteiger charge is -2.36. The van der Waals surface area contributed by atoms with E-state index in [2.05, 4.69) is 5.32 Å². The molecule has 0 radical (unpaired) electrons. The molecule has 5 atom stereocenters. The van der Waals surface area contributed by atoms with E-state index in [9.17, 15) is 24.9 Å². The van der Waals surface area contributed by atoms with Crippen molar-refractivity contribution in [2.45, 2.75) is 37.4 Å². The zero-order chi connectivity index (χ0) is 15.4. The van der Waals surface area contributed by atoms with Crippen molar-refractivity contribution < 1.29 is 39.9 Å². The molecule has 1 amide bonds. The summed E-state index contributed by atoms with van der Waals surface area (Å²) in [6.45, 7) is 0.370. The van der Waals surface area contributed by atoms with E-state index in [0.29, 0.717) is 0 Å². The Morgan fingerprint density at radius 2 is 2.05 bits per heavy atom. The quantitative estimate of drug-likeness (QED) is 0.311. The number of rotatable bonds is 5. The Hall–Kier alpha value is -1.68. The van der Waals surface area contributed by atoms with Crippen molar-refractivity contribution in [2.75, 3.05) is 6.61 Å². The fourth-order valence-electron chi connectivity index (χ4n) is 1.80. The third kappa shape index (κ3) is 3.67. The zero-order valence-electron chi connectivity index (χ0n) is 10.6. The molecule has 6 N–H and O–H groups in total. The van der Waals surface area contributed by atoms with Gasteiger partial charge in [0.25, 0.3) is 0 Å². The molecule has 0 saturated heterocycles. The molecule has 114 valence electrons. The predicted octanol–water partition coefficient (Wildman–Crippen LogP) is -3.07. The average molecular weight is 291 g/mol. The van der Waals surface area contributed by atoms with Gasteiger partial charge in [-0.1, -0.05) is 0 Å². The van der Waals surface area contributed by atoms with Crippen LogP contribution in [0.25, 0.3) is 0 Å². The first-order valence-corrected chi connectivity index (χ1v) is 5.81. The van der Waals surface area contributed by atoms with Gasteiger partial charge in [0, 0.05) is 6.92 Å². The van der Waals surface area contributed by atoms with Crippen LogP contribution in [0.4, 0.5) is 0 Å². The number of aliphatic hydroxyl groups is 4. The first-order chi connectivity index (χ1) is 9.27. The second-order valence-electron chi connectivity index (χ2n) is 4.38. The summed E-state index contributed by atoms with van der Waals surface area (Å²) in [5.74, 6) is -2.56. The molecule has 0 bridgehead atoms. The van der Waals surface area contributed by atoms with Gasteiger partial charge in [-0.25, -0.2) is 4.79 Å². The molecule has 0 spiro atoms. The smallest absolute Gasteiger partial charge is 0.370 e. The van der Waals surface area contributed by atoms with Gasteiger partial charge in [-0.15, -0.1) is 0 Å². The topological polar surface area (TPSA) is 157 Å². The van der Waals surface area contributed by atoms with E-state index in [0.717, 1.165) is 6.08 Å². The van der Waals surface area contributed by atoms with E-state index in [4.69, 9.17) is 14.9 Å². The molecule has 0 saturated carbocycles. The SMILES string of the molecule is CC(=O)N[C@H]1C=C(C(=O)O)O[C@@H]([C@H](O)[C@H](O)CO)[C@@H]1O. The number of carbonyl (C=O) groups excluding carboxylic acids is 1. The van der Waals surface area contributed by atoms with Crippen LogP contribution in [0.3, 0.4) is 0 Å². The maximum Gasteiger partial charge on any atom is 0.370 e. The minimum absolute atomic E-state index is 0.520. The molecule has 0 aliphatic carbocycles. The van der Waals surface area contributed by atoms with E-state index in [1.54, 1.807) is 0 Å². The van der Waals surface area contributed by atoms with Crippen molar-refractivity contribution in [1.29, 1.82) is 0 Å². The van der Waals surface area contributed by atoms with Crippen LogP contribution in [0.5, 0.6) is 0 Å². The van der Waals surface area contributed by atoms with Gasteiger partial charge >= 0.3 is 5.97 Å². The Kier molecular flexibility index (Phi) is 5.45. The van der Waals surface area contributed by atoms with Gasteiger partial charge in [-0.2, -0.15) is 0 Å². The number of aliphatic hydroxyl groups excluding tert-OH is 4. The minimum Gasteiger partial charge on any atom is -0.478 e. The average Bonchev–Trinajstić information content (AvgIpc) is 2.38. The monoisotopic (exact) mass is 291 g/mol. The van der Waals surface area contributed by atoms with Crippen LogP contribution in [-0.4, -0.2) is 74.5 Å². The number of hydrogen-bond acceptors (Lipinski definition) is 7. The Morgan fingerprint density at radius 3 is 2.50 bits per heavy atom. The number of carboxylic acids is 1. The second-order valence-corrected chi connectivity index (χ2v) is 4.38. The Bertz CT molecular complexity index is 409. The van der Waals surface area contributed by atoms with E-state index < -0.39 is 54.7 Å². The summed E-state index contributed by atoms with van der Waals surface area (Å²) in [6, 6.07) is -1.10. The Morgan fingerprint density at radius 1 is 1.45 bits per heavy atom. The van der Waals surface area contributed by atoms with Crippen LogP contribution in [-0.2, 0) is 14.3 Å². The van der Waals surface area contributed by atoms with Gasteiger partial charge in [0.05, 0.1) is 12.6 Å². The molecular weight excluding hydrogens is 274 g/mol. The molecule has 1 aliphatic rings. The summed E-state index contributed by atoms with van der Waals surface area (Å²) in [5.41, 5.74) is 0. The normalized spacial score (nSPS) is 28.9. The highest BCUT2D eigenvalue weighted by molar-refractivity contribution is 5.85. The van der Waals surface area contributed by atoms with E-state index in [1.165, 1.54) is 6.92 Å². The molecule has 1 aliphatic heterocycles. The molecule has 1 rings (SSSR count). The molecule has 20 heavy (non-hydrogen) atoms. The van der Waals surface area contributed by atoms with Crippen LogP contribution in [0.15, 0.2) is 11.8 Å². The second kappa shape index (κ2) is 6.66. The van der Waals surface area contributed by atoms with Crippen molar-refractivity contribution >= 4 is 11.9 Å². The molecule has 0 aromatic heterocycles. The lowest BCUT2D eigenvalue weighted by atomic mass is 9.94.